The van der Waals surface area contributed by atoms with Crippen molar-refractivity contribution in [2.24, 2.45) is 11.8 Å². The van der Waals surface area contributed by atoms with Gasteiger partial charge in [0.1, 0.15) is 17.3 Å². The molecule has 0 aromatic heterocycles. The Hall–Kier alpha value is -2.72. The van der Waals surface area contributed by atoms with Crippen molar-refractivity contribution >= 4 is 17.3 Å². The van der Waals surface area contributed by atoms with Gasteiger partial charge in [0.2, 0.25) is 5.78 Å². The van der Waals surface area contributed by atoms with E-state index in [0.717, 1.165) is 0 Å². The minimum atomic E-state index is -2.96. The third kappa shape index (κ3) is 2.26. The first-order chi connectivity index (χ1) is 14.3. The lowest BCUT2D eigenvalue weighted by molar-refractivity contribution is -0.184. The van der Waals surface area contributed by atoms with E-state index >= 15 is 0 Å². The molecule has 0 saturated heterocycles. The number of benzene rings is 1. The molecule has 1 saturated carbocycles. The van der Waals surface area contributed by atoms with Gasteiger partial charge >= 0.3 is 0 Å². The molecule has 6 atom stereocenters. The molecule has 0 aliphatic heterocycles. The highest BCUT2D eigenvalue weighted by atomic mass is 16.3. The standard InChI is InChI=1S/C21H23NO8/c1-20(29)8-5-4-6-9(23)12(8)17(26)13-14(20)18(27)15-16(22(2)3)10(24)7-11(25)21(15,30)19(13)28/h4-7,14-16,18,23-24,26-27,29-30H,1-3H3/t14-,15-,16-,18+,20-,21+/m1/s1/i7D. The van der Waals surface area contributed by atoms with Crippen LogP contribution in [0.2, 0.25) is 0 Å². The van der Waals surface area contributed by atoms with E-state index in [1.807, 2.05) is 0 Å². The Balaban J connectivity index is 2.07. The summed E-state index contributed by atoms with van der Waals surface area (Å²) in [6, 6.07) is 1.78. The van der Waals surface area contributed by atoms with Gasteiger partial charge in [-0.3, -0.25) is 14.5 Å². The number of phenols is 1. The van der Waals surface area contributed by atoms with Crippen LogP contribution in [0, 0.1) is 11.8 Å². The molecule has 1 aromatic rings. The van der Waals surface area contributed by atoms with Gasteiger partial charge in [0.05, 0.1) is 42.1 Å². The molecule has 1 fully saturated rings. The monoisotopic (exact) mass is 418 g/mol. The highest BCUT2D eigenvalue weighted by Crippen LogP contribution is 2.56. The normalized spacial score (nSPS) is 39.0. The molecule has 4 rings (SSSR count). The number of carbonyl (C=O) groups excluding carboxylic acids is 2. The van der Waals surface area contributed by atoms with Crippen LogP contribution in [-0.2, 0) is 15.2 Å². The average Bonchev–Trinajstić information content (AvgIpc) is 2.69. The number of nitrogens with zero attached hydrogens (tertiary/aromatic N) is 1. The summed E-state index contributed by atoms with van der Waals surface area (Å²) in [4.78, 5) is 27.7. The molecule has 1 aromatic carbocycles. The van der Waals surface area contributed by atoms with E-state index in [9.17, 15) is 40.2 Å². The van der Waals surface area contributed by atoms with Gasteiger partial charge in [-0.1, -0.05) is 12.1 Å². The van der Waals surface area contributed by atoms with Crippen molar-refractivity contribution in [3.05, 3.63) is 46.7 Å². The molecular formula is C21H23NO8. The first-order valence-corrected chi connectivity index (χ1v) is 9.34. The van der Waals surface area contributed by atoms with Crippen LogP contribution in [0.1, 0.15) is 19.4 Å². The minimum absolute atomic E-state index is 0.0422. The maximum Gasteiger partial charge on any atom is 0.203 e. The van der Waals surface area contributed by atoms with Gasteiger partial charge in [-0.05, 0) is 32.6 Å². The third-order valence-corrected chi connectivity index (χ3v) is 6.54. The third-order valence-electron chi connectivity index (χ3n) is 6.54. The quantitative estimate of drug-likeness (QED) is 0.338. The highest BCUT2D eigenvalue weighted by molar-refractivity contribution is 6.24. The van der Waals surface area contributed by atoms with Gasteiger partial charge in [0, 0.05) is 6.05 Å². The second-order valence-electron chi connectivity index (χ2n) is 8.45. The van der Waals surface area contributed by atoms with Gasteiger partial charge in [-0.2, -0.15) is 0 Å². The molecule has 3 aliphatic carbocycles. The van der Waals surface area contributed by atoms with Crippen molar-refractivity contribution < 1.29 is 41.6 Å². The maximum absolute atomic E-state index is 13.5. The Bertz CT molecular complexity index is 1090. The molecule has 0 unspecified atom stereocenters. The molecule has 0 bridgehead atoms. The molecule has 0 heterocycles. The van der Waals surface area contributed by atoms with Crippen LogP contribution in [0.15, 0.2) is 35.6 Å². The van der Waals surface area contributed by atoms with Crippen LogP contribution in [0.4, 0.5) is 0 Å². The van der Waals surface area contributed by atoms with E-state index < -0.39 is 75.6 Å². The molecule has 30 heavy (non-hydrogen) atoms. The molecule has 3 aliphatic rings. The van der Waals surface area contributed by atoms with Crippen molar-refractivity contribution in [3.63, 3.8) is 0 Å². The topological polar surface area (TPSA) is 159 Å². The summed E-state index contributed by atoms with van der Waals surface area (Å²) < 4.78 is 7.91. The smallest absolute Gasteiger partial charge is 0.203 e. The lowest BCUT2D eigenvalue weighted by Gasteiger charge is -2.54. The second-order valence-corrected chi connectivity index (χ2v) is 8.45. The zero-order chi connectivity index (χ0) is 23.2. The number of hydrogen-bond acceptors (Lipinski definition) is 9. The van der Waals surface area contributed by atoms with Crippen molar-refractivity contribution in [1.29, 1.82) is 0 Å². The highest BCUT2D eigenvalue weighted by Gasteiger charge is 2.68. The number of hydrogen-bond donors (Lipinski definition) is 6. The van der Waals surface area contributed by atoms with Crippen LogP contribution in [0.5, 0.6) is 5.75 Å². The summed E-state index contributed by atoms with van der Waals surface area (Å²) in [5.74, 6) is -7.79. The summed E-state index contributed by atoms with van der Waals surface area (Å²) in [6.45, 7) is 1.28. The fourth-order valence-corrected chi connectivity index (χ4v) is 5.20. The number of rotatable bonds is 1. The SMILES string of the molecule is [2H]C1=C(O)[C@@H](N(C)C)[C@@H]2[C@@H](O)[C@H]3C(=C(O)c4c(O)cccc4[C@@]3(C)O)C(=O)[C@]2(O)C1=O. The Morgan fingerprint density at radius 3 is 2.37 bits per heavy atom. The van der Waals surface area contributed by atoms with Gasteiger partial charge in [-0.15, -0.1) is 0 Å². The molecular weight excluding hydrogens is 394 g/mol. The number of likely N-dealkylation sites (N-methyl/N-ethyl adjacent to an activating group) is 1. The van der Waals surface area contributed by atoms with E-state index in [1.54, 1.807) is 0 Å². The van der Waals surface area contributed by atoms with Gasteiger partial charge in [0.25, 0.3) is 0 Å². The predicted molar refractivity (Wildman–Crippen MR) is 103 cm³/mol. The van der Waals surface area contributed by atoms with Gasteiger partial charge < -0.3 is 30.6 Å². The number of ketones is 2. The summed E-state index contributed by atoms with van der Waals surface area (Å²) >= 11 is 0. The lowest BCUT2D eigenvalue weighted by atomic mass is 9.53. The molecule has 0 amide bonds. The van der Waals surface area contributed by atoms with Crippen molar-refractivity contribution in [2.45, 2.75) is 30.3 Å². The predicted octanol–water partition coefficient (Wildman–Crippen LogP) is -0.256. The average molecular weight is 418 g/mol. The van der Waals surface area contributed by atoms with Crippen molar-refractivity contribution in [3.8, 4) is 5.75 Å². The van der Waals surface area contributed by atoms with E-state index in [2.05, 4.69) is 0 Å². The number of carbonyl (C=O) groups is 2. The number of aliphatic hydroxyl groups excluding tert-OH is 3. The summed E-state index contributed by atoms with van der Waals surface area (Å²) in [7, 11) is 2.94. The molecule has 0 radical (unpaired) electrons. The van der Waals surface area contributed by atoms with E-state index in [-0.39, 0.29) is 11.1 Å². The first-order valence-electron chi connectivity index (χ1n) is 9.84. The number of aliphatic hydroxyl groups is 5. The van der Waals surface area contributed by atoms with Crippen LogP contribution < -0.4 is 0 Å². The summed E-state index contributed by atoms with van der Waals surface area (Å²) in [5, 5.41) is 65.6. The molecule has 9 heteroatoms. The fraction of sp³-hybridized carbons (Fsp3) is 0.429. The summed E-state index contributed by atoms with van der Waals surface area (Å²) in [5.41, 5.74) is -5.79. The van der Waals surface area contributed by atoms with E-state index in [1.165, 1.54) is 44.1 Å². The fourth-order valence-electron chi connectivity index (χ4n) is 5.20. The zero-order valence-corrected chi connectivity index (χ0v) is 16.5. The van der Waals surface area contributed by atoms with E-state index in [4.69, 9.17) is 1.37 Å². The van der Waals surface area contributed by atoms with Crippen LogP contribution in [0.25, 0.3) is 5.76 Å². The second kappa shape index (κ2) is 6.14. The van der Waals surface area contributed by atoms with Crippen LogP contribution in [-0.4, -0.2) is 78.9 Å². The Labute approximate surface area is 173 Å². The largest absolute Gasteiger partial charge is 0.510 e. The number of phenolic OH excluding ortho intramolecular Hbond substituents is 1. The Morgan fingerprint density at radius 2 is 1.77 bits per heavy atom. The number of Topliss-reactive ketones (excluding diaryl/α,β-unsaturated/α-hetero) is 1. The number of aromatic hydroxyl groups is 1. The van der Waals surface area contributed by atoms with Crippen LogP contribution >= 0.6 is 0 Å². The number of fused-ring (bicyclic) bond motifs is 3. The van der Waals surface area contributed by atoms with Crippen LogP contribution in [0.3, 0.4) is 0 Å². The molecule has 0 spiro atoms. The van der Waals surface area contributed by atoms with Crippen molar-refractivity contribution in [2.75, 3.05) is 14.1 Å². The minimum Gasteiger partial charge on any atom is -0.510 e. The van der Waals surface area contributed by atoms with Gasteiger partial charge in [0.15, 0.2) is 11.4 Å². The first kappa shape index (κ1) is 19.3. The Kier molecular flexibility index (Phi) is 3.94. The van der Waals surface area contributed by atoms with Crippen molar-refractivity contribution in [1.82, 2.24) is 4.90 Å². The Morgan fingerprint density at radius 1 is 1.13 bits per heavy atom. The molecule has 160 valence electrons. The van der Waals surface area contributed by atoms with E-state index in [0.29, 0.717) is 0 Å². The maximum atomic E-state index is 13.5. The molecule has 6 N–H and O–H groups in total. The van der Waals surface area contributed by atoms with Gasteiger partial charge in [-0.25, -0.2) is 0 Å². The lowest BCUT2D eigenvalue weighted by Crippen LogP contribution is -2.71. The zero-order valence-electron chi connectivity index (χ0n) is 17.5. The summed E-state index contributed by atoms with van der Waals surface area (Å²) in [6.07, 6.45) is -1.79. The molecule has 9 nitrogen and oxygen atoms in total.